The molecule has 6 nitrogen and oxygen atoms in total. The highest BCUT2D eigenvalue weighted by atomic mass is 16.2. The van der Waals surface area contributed by atoms with Crippen molar-refractivity contribution in [2.75, 3.05) is 0 Å². The second-order valence-electron chi connectivity index (χ2n) is 8.68. The second kappa shape index (κ2) is 6.29. The minimum Gasteiger partial charge on any atom is -0.346 e. The molecule has 4 aliphatic rings. The number of H-pyrrole nitrogens is 1. The van der Waals surface area contributed by atoms with Gasteiger partial charge < -0.3 is 10.3 Å². The predicted octanol–water partition coefficient (Wildman–Crippen LogP) is 2.56. The molecule has 4 saturated carbocycles. The van der Waals surface area contributed by atoms with Gasteiger partial charge in [0.15, 0.2) is 0 Å². The monoisotopic (exact) mass is 364 g/mol. The van der Waals surface area contributed by atoms with Crippen LogP contribution in [0.15, 0.2) is 35.4 Å². The van der Waals surface area contributed by atoms with E-state index < -0.39 is 5.91 Å². The highest BCUT2D eigenvalue weighted by molar-refractivity contribution is 5.93. The van der Waals surface area contributed by atoms with E-state index in [1.165, 1.54) is 25.5 Å². The maximum absolute atomic E-state index is 12.6. The Labute approximate surface area is 157 Å². The number of amides is 1. The number of hydrogen-bond acceptors (Lipinski definition) is 4. The quantitative estimate of drug-likeness (QED) is 0.873. The van der Waals surface area contributed by atoms with Gasteiger partial charge in [-0.3, -0.25) is 14.6 Å². The molecule has 4 fully saturated rings. The van der Waals surface area contributed by atoms with E-state index in [9.17, 15) is 9.59 Å². The van der Waals surface area contributed by atoms with Crippen LogP contribution in [0.5, 0.6) is 0 Å². The van der Waals surface area contributed by atoms with E-state index in [0.29, 0.717) is 0 Å². The second-order valence-corrected chi connectivity index (χ2v) is 8.68. The fourth-order valence-electron chi connectivity index (χ4n) is 6.00. The van der Waals surface area contributed by atoms with Crippen molar-refractivity contribution in [1.29, 1.82) is 0 Å². The first-order chi connectivity index (χ1) is 13.1. The maximum Gasteiger partial charge on any atom is 0.263 e. The van der Waals surface area contributed by atoms with Crippen LogP contribution in [0.4, 0.5) is 0 Å². The smallest absolute Gasteiger partial charge is 0.263 e. The minimum absolute atomic E-state index is 0.0247. The predicted molar refractivity (Wildman–Crippen MR) is 100 cm³/mol. The van der Waals surface area contributed by atoms with Crippen molar-refractivity contribution >= 4 is 5.91 Å². The molecule has 0 aliphatic heterocycles. The van der Waals surface area contributed by atoms with Gasteiger partial charge in [0.1, 0.15) is 11.4 Å². The Kier molecular flexibility index (Phi) is 3.88. The van der Waals surface area contributed by atoms with Crippen molar-refractivity contribution in [3.63, 3.8) is 0 Å². The van der Waals surface area contributed by atoms with Crippen LogP contribution in [0, 0.1) is 17.8 Å². The van der Waals surface area contributed by atoms with Crippen LogP contribution in [0.1, 0.15) is 60.4 Å². The van der Waals surface area contributed by atoms with Crippen LogP contribution in [0.25, 0.3) is 0 Å². The van der Waals surface area contributed by atoms with Crippen molar-refractivity contribution in [1.82, 2.24) is 20.3 Å². The van der Waals surface area contributed by atoms with Gasteiger partial charge in [0, 0.05) is 17.8 Å². The van der Waals surface area contributed by atoms with Gasteiger partial charge in [-0.2, -0.15) is 0 Å². The largest absolute Gasteiger partial charge is 0.346 e. The standard InChI is InChI=1S/C21H24N4O2/c26-18(23-11-16-3-1-2-4-22-16)17-12-24-20(25-19(17)27)21-8-13-5-14(9-21)7-15(6-13)10-21/h1-4,12-15H,5-11H2,(H,23,26)(H,24,25,27). The summed E-state index contributed by atoms with van der Waals surface area (Å²) in [5.41, 5.74) is 0.505. The summed E-state index contributed by atoms with van der Waals surface area (Å²) in [4.78, 5) is 36.7. The van der Waals surface area contributed by atoms with Gasteiger partial charge in [0.2, 0.25) is 0 Å². The molecule has 0 radical (unpaired) electrons. The molecule has 0 saturated heterocycles. The van der Waals surface area contributed by atoms with Crippen LogP contribution in [-0.4, -0.2) is 20.9 Å². The summed E-state index contributed by atoms with van der Waals surface area (Å²) < 4.78 is 0. The number of carbonyl (C=O) groups is 1. The average molecular weight is 364 g/mol. The third-order valence-corrected chi connectivity index (χ3v) is 6.74. The molecule has 140 valence electrons. The van der Waals surface area contributed by atoms with Gasteiger partial charge >= 0.3 is 0 Å². The first-order valence-electron chi connectivity index (χ1n) is 9.89. The number of hydrogen-bond donors (Lipinski definition) is 2. The van der Waals surface area contributed by atoms with Gasteiger partial charge in [-0.05, 0) is 68.4 Å². The summed E-state index contributed by atoms with van der Waals surface area (Å²) in [7, 11) is 0. The first kappa shape index (κ1) is 16.7. The molecule has 6 heteroatoms. The molecule has 0 aromatic carbocycles. The zero-order valence-electron chi connectivity index (χ0n) is 15.3. The number of rotatable bonds is 4. The van der Waals surface area contributed by atoms with E-state index in [2.05, 4.69) is 20.3 Å². The van der Waals surface area contributed by atoms with Crippen molar-refractivity contribution < 1.29 is 4.79 Å². The summed E-state index contributed by atoms with van der Waals surface area (Å²) in [5.74, 6) is 2.73. The Morgan fingerprint density at radius 2 is 1.81 bits per heavy atom. The number of aromatic amines is 1. The third kappa shape index (κ3) is 2.97. The molecule has 6 rings (SSSR count). The summed E-state index contributed by atoms with van der Waals surface area (Å²) in [5, 5.41) is 2.75. The average Bonchev–Trinajstić information content (AvgIpc) is 2.66. The van der Waals surface area contributed by atoms with Crippen molar-refractivity contribution in [2.24, 2.45) is 17.8 Å². The molecule has 2 aromatic heterocycles. The van der Waals surface area contributed by atoms with Crippen molar-refractivity contribution in [3.05, 3.63) is 58.0 Å². The van der Waals surface area contributed by atoms with Gasteiger partial charge in [-0.15, -0.1) is 0 Å². The normalized spacial score (nSPS) is 31.0. The zero-order chi connectivity index (χ0) is 18.4. The Bertz CT molecular complexity index is 886. The summed E-state index contributed by atoms with van der Waals surface area (Å²) in [6.07, 6.45) is 10.6. The van der Waals surface area contributed by atoms with Gasteiger partial charge in [0.25, 0.3) is 11.5 Å². The SMILES string of the molecule is O=C(NCc1ccccn1)c1cnc(C23CC4CC(CC(C4)C2)C3)[nH]c1=O. The van der Waals surface area contributed by atoms with E-state index in [1.54, 1.807) is 6.20 Å². The van der Waals surface area contributed by atoms with E-state index in [-0.39, 0.29) is 23.1 Å². The minimum atomic E-state index is -0.411. The molecule has 0 spiro atoms. The van der Waals surface area contributed by atoms with Gasteiger partial charge in [-0.25, -0.2) is 4.98 Å². The number of pyridine rings is 1. The van der Waals surface area contributed by atoms with Crippen LogP contribution < -0.4 is 10.9 Å². The van der Waals surface area contributed by atoms with Crippen LogP contribution in [0.2, 0.25) is 0 Å². The molecule has 4 bridgehead atoms. The van der Waals surface area contributed by atoms with E-state index in [1.807, 2.05) is 18.2 Å². The lowest BCUT2D eigenvalue weighted by molar-refractivity contribution is -0.00953. The highest BCUT2D eigenvalue weighted by Crippen LogP contribution is 2.59. The molecule has 1 amide bonds. The lowest BCUT2D eigenvalue weighted by Gasteiger charge is -2.56. The molecule has 0 atom stereocenters. The number of aromatic nitrogens is 3. The molecular weight excluding hydrogens is 340 g/mol. The summed E-state index contributed by atoms with van der Waals surface area (Å²) in [6, 6.07) is 5.52. The van der Waals surface area contributed by atoms with Crippen molar-refractivity contribution in [2.45, 2.75) is 50.5 Å². The van der Waals surface area contributed by atoms with E-state index in [0.717, 1.165) is 48.5 Å². The van der Waals surface area contributed by atoms with Crippen LogP contribution >= 0.6 is 0 Å². The summed E-state index contributed by atoms with van der Waals surface area (Å²) >= 11 is 0. The lowest BCUT2D eigenvalue weighted by atomic mass is 9.49. The van der Waals surface area contributed by atoms with Gasteiger partial charge in [-0.1, -0.05) is 6.07 Å². The third-order valence-electron chi connectivity index (χ3n) is 6.74. The first-order valence-corrected chi connectivity index (χ1v) is 9.89. The molecule has 2 N–H and O–H groups in total. The molecule has 27 heavy (non-hydrogen) atoms. The fraction of sp³-hybridized carbons (Fsp3) is 0.524. The highest BCUT2D eigenvalue weighted by Gasteiger charge is 2.52. The Hall–Kier alpha value is -2.50. The molecule has 2 aromatic rings. The maximum atomic E-state index is 12.6. The molecule has 0 unspecified atom stereocenters. The molecular formula is C21H24N4O2. The van der Waals surface area contributed by atoms with Gasteiger partial charge in [0.05, 0.1) is 12.2 Å². The van der Waals surface area contributed by atoms with Crippen LogP contribution in [-0.2, 0) is 12.0 Å². The van der Waals surface area contributed by atoms with Crippen molar-refractivity contribution in [3.8, 4) is 0 Å². The zero-order valence-corrected chi connectivity index (χ0v) is 15.3. The van der Waals surface area contributed by atoms with E-state index >= 15 is 0 Å². The Balaban J connectivity index is 1.35. The molecule has 4 aliphatic carbocycles. The number of nitrogens with zero attached hydrogens (tertiary/aromatic N) is 2. The Morgan fingerprint density at radius 3 is 2.41 bits per heavy atom. The van der Waals surface area contributed by atoms with E-state index in [4.69, 9.17) is 0 Å². The summed E-state index contributed by atoms with van der Waals surface area (Å²) in [6.45, 7) is 0.288. The molecule has 2 heterocycles. The number of carbonyl (C=O) groups excluding carboxylic acids is 1. The lowest BCUT2D eigenvalue weighted by Crippen LogP contribution is -2.50. The topological polar surface area (TPSA) is 87.7 Å². The number of nitrogens with one attached hydrogen (secondary N) is 2. The van der Waals surface area contributed by atoms with Crippen LogP contribution in [0.3, 0.4) is 0 Å². The Morgan fingerprint density at radius 1 is 1.11 bits per heavy atom. The fourth-order valence-corrected chi connectivity index (χ4v) is 6.00.